The van der Waals surface area contributed by atoms with Crippen LogP contribution in [0.2, 0.25) is 0 Å². The van der Waals surface area contributed by atoms with Gasteiger partial charge in [0, 0.05) is 28.3 Å². The minimum atomic E-state index is -0.626. The Kier molecular flexibility index (Phi) is 7.06. The molecule has 0 spiro atoms. The van der Waals surface area contributed by atoms with Crippen LogP contribution in [0.15, 0.2) is 102 Å². The van der Waals surface area contributed by atoms with Crippen LogP contribution in [0.25, 0.3) is 16.5 Å². The molecule has 1 aliphatic carbocycles. The molecule has 1 N–H and O–H groups in total. The number of Topliss-reactive ketones (excluding diaryl/α,β-unsaturated/α-hetero) is 1. The molecule has 0 unspecified atom stereocenters. The van der Waals surface area contributed by atoms with Crippen molar-refractivity contribution in [2.75, 3.05) is 13.2 Å². The largest absolute Gasteiger partial charge is 0.490 e. The zero-order valence-electron chi connectivity index (χ0n) is 23.3. The third-order valence-corrected chi connectivity index (χ3v) is 7.55. The summed E-state index contributed by atoms with van der Waals surface area (Å²) in [7, 11) is 0. The number of fused-ring (bicyclic) bond motifs is 3. The number of carbonyl (C=O) groups excluding carboxylic acids is 2. The Hall–Kier alpha value is -4.84. The number of carbonyl (C=O) groups is 2. The zero-order chi connectivity index (χ0) is 28.5. The molecular formula is C35H31NO5. The molecule has 6 rings (SSSR count). The van der Waals surface area contributed by atoms with Gasteiger partial charge in [-0.25, -0.2) is 4.79 Å². The van der Waals surface area contributed by atoms with Gasteiger partial charge in [0.1, 0.15) is 6.61 Å². The molecule has 1 heterocycles. The maximum Gasteiger partial charge on any atom is 0.336 e. The number of rotatable bonds is 8. The Balaban J connectivity index is 1.38. The number of dihydropyridines is 1. The molecule has 4 aromatic carbocycles. The monoisotopic (exact) mass is 545 g/mol. The Morgan fingerprint density at radius 2 is 1.56 bits per heavy atom. The average Bonchev–Trinajstić information content (AvgIpc) is 3.27. The van der Waals surface area contributed by atoms with Crippen molar-refractivity contribution >= 4 is 28.2 Å². The standard InChI is InChI=1S/C35H31NO5/c1-4-39-29-19-25(16-17-28(29)41-20-22-14-15-23-10-6-7-11-24(23)18-22)31-30(35(38)40-5-2)21(3)36-33-26-12-8-9-13-27(26)34(37)32(31)33/h6-19,31,36H,4-5,20H2,1-3H3/t31-/m1/s1. The van der Waals surface area contributed by atoms with Crippen LogP contribution in [0.5, 0.6) is 11.5 Å². The first kappa shape index (κ1) is 26.4. The highest BCUT2D eigenvalue weighted by Crippen LogP contribution is 2.48. The van der Waals surface area contributed by atoms with E-state index < -0.39 is 11.9 Å². The zero-order valence-corrected chi connectivity index (χ0v) is 23.3. The van der Waals surface area contributed by atoms with Crippen LogP contribution in [0, 0.1) is 0 Å². The van der Waals surface area contributed by atoms with Crippen molar-refractivity contribution in [2.45, 2.75) is 33.3 Å². The first-order valence-electron chi connectivity index (χ1n) is 13.9. The molecule has 0 saturated carbocycles. The molecule has 41 heavy (non-hydrogen) atoms. The van der Waals surface area contributed by atoms with Crippen LogP contribution in [-0.2, 0) is 16.1 Å². The number of ether oxygens (including phenoxy) is 3. The summed E-state index contributed by atoms with van der Waals surface area (Å²) in [6, 6.07) is 27.6. The van der Waals surface area contributed by atoms with Gasteiger partial charge in [0.05, 0.1) is 24.5 Å². The quantitative estimate of drug-likeness (QED) is 0.242. The molecule has 0 amide bonds. The number of hydrogen-bond acceptors (Lipinski definition) is 6. The average molecular weight is 546 g/mol. The van der Waals surface area contributed by atoms with E-state index in [1.165, 1.54) is 5.39 Å². The normalized spacial score (nSPS) is 15.9. The minimum Gasteiger partial charge on any atom is -0.490 e. The van der Waals surface area contributed by atoms with Crippen molar-refractivity contribution in [3.8, 4) is 11.5 Å². The van der Waals surface area contributed by atoms with Crippen molar-refractivity contribution in [3.63, 3.8) is 0 Å². The van der Waals surface area contributed by atoms with E-state index in [1.54, 1.807) is 6.92 Å². The SMILES string of the molecule is CCOC(=O)C1=C(C)NC2=C(C(=O)c3ccccc32)[C@@H]1c1ccc(OCc2ccc3ccccc3c2)c(OCC)c1. The maximum atomic E-state index is 13.7. The molecule has 4 aromatic rings. The third-order valence-electron chi connectivity index (χ3n) is 7.55. The van der Waals surface area contributed by atoms with Gasteiger partial charge in [-0.15, -0.1) is 0 Å². The van der Waals surface area contributed by atoms with Crippen molar-refractivity contribution in [2.24, 2.45) is 0 Å². The van der Waals surface area contributed by atoms with Crippen molar-refractivity contribution in [1.82, 2.24) is 5.32 Å². The minimum absolute atomic E-state index is 0.100. The van der Waals surface area contributed by atoms with Gasteiger partial charge in [0.15, 0.2) is 17.3 Å². The van der Waals surface area contributed by atoms with Crippen LogP contribution in [0.1, 0.15) is 53.7 Å². The smallest absolute Gasteiger partial charge is 0.336 e. The van der Waals surface area contributed by atoms with E-state index in [0.717, 1.165) is 27.8 Å². The van der Waals surface area contributed by atoms with E-state index in [2.05, 4.69) is 35.6 Å². The molecule has 0 saturated heterocycles. The number of hydrogen-bond donors (Lipinski definition) is 1. The summed E-state index contributed by atoms with van der Waals surface area (Å²) in [6.07, 6.45) is 0. The predicted octanol–water partition coefficient (Wildman–Crippen LogP) is 6.95. The summed E-state index contributed by atoms with van der Waals surface area (Å²) >= 11 is 0. The van der Waals surface area contributed by atoms with Crippen LogP contribution < -0.4 is 14.8 Å². The summed E-state index contributed by atoms with van der Waals surface area (Å²) < 4.78 is 17.7. The molecule has 1 aliphatic heterocycles. The summed E-state index contributed by atoms with van der Waals surface area (Å²) in [5.74, 6) is -0.0371. The number of allylic oxidation sites excluding steroid dienone is 2. The fraction of sp³-hybridized carbons (Fsp3) is 0.200. The molecule has 1 atom stereocenters. The summed E-state index contributed by atoms with van der Waals surface area (Å²) in [6.45, 7) is 6.56. The lowest BCUT2D eigenvalue weighted by Crippen LogP contribution is -2.29. The molecule has 206 valence electrons. The van der Waals surface area contributed by atoms with E-state index in [4.69, 9.17) is 14.2 Å². The van der Waals surface area contributed by atoms with Gasteiger partial charge < -0.3 is 19.5 Å². The lowest BCUT2D eigenvalue weighted by molar-refractivity contribution is -0.138. The van der Waals surface area contributed by atoms with Gasteiger partial charge in [0.25, 0.3) is 0 Å². The predicted molar refractivity (Wildman–Crippen MR) is 159 cm³/mol. The van der Waals surface area contributed by atoms with Gasteiger partial charge in [-0.1, -0.05) is 66.7 Å². The van der Waals surface area contributed by atoms with Crippen LogP contribution in [-0.4, -0.2) is 25.0 Å². The first-order chi connectivity index (χ1) is 20.0. The molecule has 2 aliphatic rings. The lowest BCUT2D eigenvalue weighted by atomic mass is 9.79. The number of ketones is 1. The molecule has 0 fully saturated rings. The Morgan fingerprint density at radius 3 is 2.34 bits per heavy atom. The fourth-order valence-corrected chi connectivity index (χ4v) is 5.72. The highest BCUT2D eigenvalue weighted by molar-refractivity contribution is 6.23. The summed E-state index contributed by atoms with van der Waals surface area (Å²) in [5.41, 5.74) is 5.59. The Bertz CT molecular complexity index is 1750. The van der Waals surface area contributed by atoms with Crippen molar-refractivity contribution in [1.29, 1.82) is 0 Å². The van der Waals surface area contributed by atoms with E-state index in [0.29, 0.717) is 47.1 Å². The van der Waals surface area contributed by atoms with E-state index >= 15 is 0 Å². The van der Waals surface area contributed by atoms with E-state index in [9.17, 15) is 9.59 Å². The topological polar surface area (TPSA) is 73.9 Å². The number of benzene rings is 4. The van der Waals surface area contributed by atoms with Crippen LogP contribution in [0.4, 0.5) is 0 Å². The Morgan fingerprint density at radius 1 is 0.805 bits per heavy atom. The van der Waals surface area contributed by atoms with Crippen molar-refractivity contribution in [3.05, 3.63) is 124 Å². The summed E-state index contributed by atoms with van der Waals surface area (Å²) in [5, 5.41) is 5.67. The second kappa shape index (κ2) is 11.0. The van der Waals surface area contributed by atoms with Gasteiger partial charge in [0.2, 0.25) is 0 Å². The second-order valence-corrected chi connectivity index (χ2v) is 10.1. The van der Waals surface area contributed by atoms with Gasteiger partial charge in [-0.05, 0) is 60.9 Å². The van der Waals surface area contributed by atoms with Crippen molar-refractivity contribution < 1.29 is 23.8 Å². The van der Waals surface area contributed by atoms with Crippen LogP contribution >= 0.6 is 0 Å². The highest BCUT2D eigenvalue weighted by atomic mass is 16.5. The van der Waals surface area contributed by atoms with Gasteiger partial charge in [-0.3, -0.25) is 4.79 Å². The first-order valence-corrected chi connectivity index (χ1v) is 13.9. The molecular weight excluding hydrogens is 514 g/mol. The molecule has 0 bridgehead atoms. The second-order valence-electron chi connectivity index (χ2n) is 10.1. The van der Waals surface area contributed by atoms with Crippen LogP contribution in [0.3, 0.4) is 0 Å². The number of nitrogens with one attached hydrogen (secondary N) is 1. The molecule has 0 radical (unpaired) electrons. The lowest BCUT2D eigenvalue weighted by Gasteiger charge is -2.29. The van der Waals surface area contributed by atoms with E-state index in [-0.39, 0.29) is 12.4 Å². The van der Waals surface area contributed by atoms with Gasteiger partial charge in [-0.2, -0.15) is 0 Å². The fourth-order valence-electron chi connectivity index (χ4n) is 5.72. The molecule has 6 heteroatoms. The summed E-state index contributed by atoms with van der Waals surface area (Å²) in [4.78, 5) is 27.0. The van der Waals surface area contributed by atoms with Gasteiger partial charge >= 0.3 is 5.97 Å². The number of esters is 1. The highest BCUT2D eigenvalue weighted by Gasteiger charge is 2.43. The third kappa shape index (κ3) is 4.76. The Labute approximate surface area is 239 Å². The maximum absolute atomic E-state index is 13.7. The van der Waals surface area contributed by atoms with E-state index in [1.807, 2.05) is 68.4 Å². The molecule has 6 nitrogen and oxygen atoms in total. The molecule has 0 aromatic heterocycles.